The Hall–Kier alpha value is -2.45. The average molecular weight is 336 g/mol. The maximum Gasteiger partial charge on any atom is 0.329 e. The number of nitro groups is 1. The summed E-state index contributed by atoms with van der Waals surface area (Å²) in [5.41, 5.74) is 5.32. The van der Waals surface area contributed by atoms with Crippen molar-refractivity contribution in [1.29, 1.82) is 0 Å². The van der Waals surface area contributed by atoms with E-state index in [1.165, 1.54) is 0 Å². The van der Waals surface area contributed by atoms with Crippen LogP contribution in [0.2, 0.25) is 0 Å². The van der Waals surface area contributed by atoms with Gasteiger partial charge in [0.2, 0.25) is 17.7 Å². The van der Waals surface area contributed by atoms with E-state index in [4.69, 9.17) is 5.73 Å². The van der Waals surface area contributed by atoms with E-state index >= 15 is 0 Å². The molecule has 1 saturated heterocycles. The van der Waals surface area contributed by atoms with Gasteiger partial charge in [-0.15, -0.1) is 0 Å². The van der Waals surface area contributed by atoms with E-state index in [-0.39, 0.29) is 29.4 Å². The third-order valence-electron chi connectivity index (χ3n) is 4.17. The molecule has 2 unspecified atom stereocenters. The normalized spacial score (nSPS) is 18.9. The number of anilines is 2. The second kappa shape index (κ2) is 7.89. The Morgan fingerprint density at radius 2 is 2.38 bits per heavy atom. The summed E-state index contributed by atoms with van der Waals surface area (Å²) < 4.78 is 0. The van der Waals surface area contributed by atoms with Crippen molar-refractivity contribution in [1.82, 2.24) is 15.3 Å². The summed E-state index contributed by atoms with van der Waals surface area (Å²) in [5.74, 6) is 0.0685. The van der Waals surface area contributed by atoms with Crippen LogP contribution in [0.25, 0.3) is 0 Å². The fraction of sp³-hybridized carbons (Fsp3) is 0.667. The van der Waals surface area contributed by atoms with Crippen LogP contribution in [-0.4, -0.2) is 39.9 Å². The molecule has 2 heterocycles. The summed E-state index contributed by atoms with van der Waals surface area (Å²) in [6.07, 6.45) is 4.73. The first kappa shape index (κ1) is 17.9. The molecule has 0 saturated carbocycles. The summed E-state index contributed by atoms with van der Waals surface area (Å²) >= 11 is 0. The van der Waals surface area contributed by atoms with Gasteiger partial charge in [-0.1, -0.05) is 13.3 Å². The minimum absolute atomic E-state index is 0.0375. The monoisotopic (exact) mass is 336 g/mol. The molecule has 1 fully saturated rings. The van der Waals surface area contributed by atoms with Crippen LogP contribution < -0.4 is 16.0 Å². The van der Waals surface area contributed by atoms with Gasteiger partial charge in [0.05, 0.1) is 10.8 Å². The number of hydrogen-bond donors (Lipinski definition) is 2. The van der Waals surface area contributed by atoms with Gasteiger partial charge in [0.25, 0.3) is 0 Å². The molecule has 0 bridgehead atoms. The van der Waals surface area contributed by atoms with Gasteiger partial charge in [-0.25, -0.2) is 4.98 Å². The van der Waals surface area contributed by atoms with Gasteiger partial charge in [0, 0.05) is 19.1 Å². The van der Waals surface area contributed by atoms with Crippen molar-refractivity contribution in [3.05, 3.63) is 16.3 Å². The van der Waals surface area contributed by atoms with Crippen LogP contribution in [0.1, 0.15) is 39.5 Å². The fourth-order valence-corrected chi connectivity index (χ4v) is 2.91. The first-order valence-electron chi connectivity index (χ1n) is 8.24. The first-order valence-corrected chi connectivity index (χ1v) is 8.24. The highest BCUT2D eigenvalue weighted by atomic mass is 16.6. The van der Waals surface area contributed by atoms with Crippen molar-refractivity contribution in [2.75, 3.05) is 23.7 Å². The average Bonchev–Trinajstić information content (AvgIpc) is 2.54. The molecule has 2 atom stereocenters. The molecule has 0 aromatic carbocycles. The lowest BCUT2D eigenvalue weighted by Gasteiger charge is -2.32. The van der Waals surface area contributed by atoms with Gasteiger partial charge in [-0.3, -0.25) is 14.9 Å². The standard InChI is InChI=1S/C15H24N6O3/c1-3-5-10(2)18-14(22)11-6-4-7-20(9-11)15-17-8-12(21(23)24)13(16)19-15/h8,10-11H,3-7,9H2,1-2H3,(H,18,22)(H2,16,17,19). The topological polar surface area (TPSA) is 127 Å². The molecule has 0 aliphatic carbocycles. The van der Waals surface area contributed by atoms with E-state index in [0.29, 0.717) is 19.0 Å². The zero-order valence-electron chi connectivity index (χ0n) is 14.1. The molecule has 1 amide bonds. The second-order valence-corrected chi connectivity index (χ2v) is 6.18. The van der Waals surface area contributed by atoms with Crippen molar-refractivity contribution < 1.29 is 9.72 Å². The minimum Gasteiger partial charge on any atom is -0.378 e. The number of rotatable bonds is 6. The van der Waals surface area contributed by atoms with Crippen LogP contribution in [0.5, 0.6) is 0 Å². The van der Waals surface area contributed by atoms with Gasteiger partial charge in [0.1, 0.15) is 6.20 Å². The van der Waals surface area contributed by atoms with Crippen molar-refractivity contribution in [3.63, 3.8) is 0 Å². The summed E-state index contributed by atoms with van der Waals surface area (Å²) in [6.45, 7) is 5.27. The highest BCUT2D eigenvalue weighted by molar-refractivity contribution is 5.79. The molecule has 9 heteroatoms. The lowest BCUT2D eigenvalue weighted by molar-refractivity contribution is -0.384. The van der Waals surface area contributed by atoms with E-state index in [1.54, 1.807) is 0 Å². The Balaban J connectivity index is 2.04. The fourth-order valence-electron chi connectivity index (χ4n) is 2.91. The summed E-state index contributed by atoms with van der Waals surface area (Å²) in [4.78, 5) is 32.5. The van der Waals surface area contributed by atoms with Crippen LogP contribution in [0.3, 0.4) is 0 Å². The molecule has 1 aromatic heterocycles. The Morgan fingerprint density at radius 3 is 3.00 bits per heavy atom. The Labute approximate surface area is 140 Å². The Morgan fingerprint density at radius 1 is 1.62 bits per heavy atom. The number of hydrogen-bond acceptors (Lipinski definition) is 7. The molecule has 1 aliphatic rings. The molecular formula is C15H24N6O3. The lowest BCUT2D eigenvalue weighted by atomic mass is 9.97. The van der Waals surface area contributed by atoms with Crippen LogP contribution in [0.4, 0.5) is 17.5 Å². The van der Waals surface area contributed by atoms with E-state index in [1.807, 2.05) is 11.8 Å². The maximum absolute atomic E-state index is 12.4. The van der Waals surface area contributed by atoms with Crippen molar-refractivity contribution in [3.8, 4) is 0 Å². The summed E-state index contributed by atoms with van der Waals surface area (Å²) in [7, 11) is 0. The summed E-state index contributed by atoms with van der Waals surface area (Å²) in [6, 6.07) is 0.157. The number of carbonyl (C=O) groups is 1. The van der Waals surface area contributed by atoms with Crippen LogP contribution in [0, 0.1) is 16.0 Å². The first-order chi connectivity index (χ1) is 11.4. The smallest absolute Gasteiger partial charge is 0.329 e. The summed E-state index contributed by atoms with van der Waals surface area (Å²) in [5, 5.41) is 13.8. The molecule has 1 aromatic rings. The molecule has 24 heavy (non-hydrogen) atoms. The minimum atomic E-state index is -0.610. The molecule has 1 aliphatic heterocycles. The highest BCUT2D eigenvalue weighted by Gasteiger charge is 2.28. The molecule has 132 valence electrons. The van der Waals surface area contributed by atoms with Crippen molar-refractivity contribution >= 4 is 23.4 Å². The third-order valence-corrected chi connectivity index (χ3v) is 4.17. The number of carbonyl (C=O) groups excluding carboxylic acids is 1. The van der Waals surface area contributed by atoms with Gasteiger partial charge in [0.15, 0.2) is 0 Å². The van der Waals surface area contributed by atoms with Crippen LogP contribution in [-0.2, 0) is 4.79 Å². The third kappa shape index (κ3) is 4.30. The number of amides is 1. The number of piperidine rings is 1. The number of nitrogens with zero attached hydrogens (tertiary/aromatic N) is 4. The largest absolute Gasteiger partial charge is 0.378 e. The van der Waals surface area contributed by atoms with E-state index in [9.17, 15) is 14.9 Å². The van der Waals surface area contributed by atoms with Gasteiger partial charge < -0.3 is 16.0 Å². The number of nitrogen functional groups attached to an aromatic ring is 1. The quantitative estimate of drug-likeness (QED) is 0.595. The van der Waals surface area contributed by atoms with E-state index in [2.05, 4.69) is 22.2 Å². The predicted molar refractivity (Wildman–Crippen MR) is 90.5 cm³/mol. The predicted octanol–water partition coefficient (Wildman–Crippen LogP) is 1.49. The lowest BCUT2D eigenvalue weighted by Crippen LogP contribution is -2.45. The molecule has 0 radical (unpaired) electrons. The molecule has 9 nitrogen and oxygen atoms in total. The Kier molecular flexibility index (Phi) is 5.88. The van der Waals surface area contributed by atoms with Gasteiger partial charge >= 0.3 is 5.69 Å². The van der Waals surface area contributed by atoms with Crippen LogP contribution in [0.15, 0.2) is 6.20 Å². The maximum atomic E-state index is 12.4. The molecule has 0 spiro atoms. The van der Waals surface area contributed by atoms with Crippen LogP contribution >= 0.6 is 0 Å². The van der Waals surface area contributed by atoms with E-state index in [0.717, 1.165) is 31.9 Å². The molecule has 3 N–H and O–H groups in total. The van der Waals surface area contributed by atoms with E-state index < -0.39 is 4.92 Å². The zero-order valence-corrected chi connectivity index (χ0v) is 14.1. The SMILES string of the molecule is CCCC(C)NC(=O)C1CCCN(c2ncc([N+](=O)[O-])c(N)n2)C1. The zero-order chi connectivity index (χ0) is 17.7. The number of nitrogens with one attached hydrogen (secondary N) is 1. The molecular weight excluding hydrogens is 312 g/mol. The van der Waals surface area contributed by atoms with Gasteiger partial charge in [-0.2, -0.15) is 4.98 Å². The number of aromatic nitrogens is 2. The van der Waals surface area contributed by atoms with Crippen molar-refractivity contribution in [2.24, 2.45) is 5.92 Å². The number of nitrogens with two attached hydrogens (primary N) is 1. The molecule has 2 rings (SSSR count). The second-order valence-electron chi connectivity index (χ2n) is 6.18. The highest BCUT2D eigenvalue weighted by Crippen LogP contribution is 2.24. The van der Waals surface area contributed by atoms with Gasteiger partial charge in [-0.05, 0) is 26.2 Å². The van der Waals surface area contributed by atoms with Crippen molar-refractivity contribution in [2.45, 2.75) is 45.6 Å². The Bertz CT molecular complexity index is 609.